The third-order valence-electron chi connectivity index (χ3n) is 4.17. The third-order valence-corrected chi connectivity index (χ3v) is 4.99. The number of carbonyl (C=O) groups is 1. The minimum absolute atomic E-state index is 0.0148. The summed E-state index contributed by atoms with van der Waals surface area (Å²) in [6, 6.07) is 11.5. The molecule has 1 aliphatic rings. The average molecular weight is 463 g/mol. The highest BCUT2D eigenvalue weighted by Gasteiger charge is 2.32. The van der Waals surface area contributed by atoms with Gasteiger partial charge in [0.25, 0.3) is 5.91 Å². The smallest absolute Gasteiger partial charge is 0.259 e. The van der Waals surface area contributed by atoms with Gasteiger partial charge in [0.15, 0.2) is 11.5 Å². The number of hydrogen-bond donors (Lipinski definition) is 1. The van der Waals surface area contributed by atoms with Gasteiger partial charge in [-0.05, 0) is 65.3 Å². The Morgan fingerprint density at radius 1 is 1.27 bits per heavy atom. The predicted octanol–water partition coefficient (Wildman–Crippen LogP) is 4.94. The minimum Gasteiger partial charge on any atom is -0.504 e. The van der Waals surface area contributed by atoms with Crippen LogP contribution in [0.1, 0.15) is 31.9 Å². The molecule has 0 spiro atoms. The number of para-hydroxylation sites is 1. The van der Waals surface area contributed by atoms with E-state index in [1.54, 1.807) is 6.07 Å². The van der Waals surface area contributed by atoms with Gasteiger partial charge in [0, 0.05) is 17.7 Å². The molecule has 0 saturated carbocycles. The van der Waals surface area contributed by atoms with Crippen molar-refractivity contribution in [3.8, 4) is 11.5 Å². The lowest BCUT2D eigenvalue weighted by molar-refractivity contribution is -0.113. The molecule has 4 nitrogen and oxygen atoms in total. The van der Waals surface area contributed by atoms with E-state index in [9.17, 15) is 9.90 Å². The molecule has 136 valence electrons. The molecule has 1 aliphatic heterocycles. The van der Waals surface area contributed by atoms with E-state index < -0.39 is 0 Å². The molecular formula is C21H22INO3. The fourth-order valence-corrected chi connectivity index (χ4v) is 3.73. The van der Waals surface area contributed by atoms with E-state index in [1.165, 1.54) is 0 Å². The Balaban J connectivity index is 2.08. The summed E-state index contributed by atoms with van der Waals surface area (Å²) in [6.45, 7) is 7.23. The van der Waals surface area contributed by atoms with E-state index >= 15 is 0 Å². The van der Waals surface area contributed by atoms with Crippen LogP contribution < -0.4 is 9.64 Å². The molecule has 0 atom stereocenters. The number of nitrogens with zero attached hydrogens (tertiary/aromatic N) is 1. The number of phenolic OH excluding ortho intramolecular Hbond substituents is 1. The fraction of sp³-hybridized carbons (Fsp3) is 0.286. The van der Waals surface area contributed by atoms with Gasteiger partial charge in [-0.2, -0.15) is 0 Å². The molecule has 0 aliphatic carbocycles. The van der Waals surface area contributed by atoms with Crippen LogP contribution in [0.3, 0.4) is 0 Å². The molecule has 1 amide bonds. The van der Waals surface area contributed by atoms with Crippen molar-refractivity contribution in [1.82, 2.24) is 0 Å². The summed E-state index contributed by atoms with van der Waals surface area (Å²) in [5, 5.41) is 10.1. The van der Waals surface area contributed by atoms with Crippen molar-refractivity contribution in [3.63, 3.8) is 0 Å². The maximum atomic E-state index is 13.0. The summed E-state index contributed by atoms with van der Waals surface area (Å²) in [6.07, 6.45) is 1.88. The van der Waals surface area contributed by atoms with Crippen LogP contribution >= 0.6 is 22.6 Å². The number of ether oxygens (including phenoxy) is 1. The van der Waals surface area contributed by atoms with Gasteiger partial charge in [0.2, 0.25) is 0 Å². The van der Waals surface area contributed by atoms with E-state index in [0.717, 1.165) is 16.8 Å². The Kier molecular flexibility index (Phi) is 5.55. The number of fused-ring (bicyclic) bond motifs is 1. The number of rotatable bonds is 5. The molecule has 1 N–H and O–H groups in total. The van der Waals surface area contributed by atoms with Crippen molar-refractivity contribution in [1.29, 1.82) is 0 Å². The Hall–Kier alpha value is -2.02. The van der Waals surface area contributed by atoms with Crippen molar-refractivity contribution >= 4 is 45.8 Å². The highest BCUT2D eigenvalue weighted by atomic mass is 127. The molecule has 26 heavy (non-hydrogen) atoms. The second-order valence-corrected chi connectivity index (χ2v) is 7.83. The quantitative estimate of drug-likeness (QED) is 0.505. The number of carbonyl (C=O) groups excluding carboxylic acids is 1. The number of aromatic hydroxyl groups is 1. The van der Waals surface area contributed by atoms with E-state index in [0.29, 0.717) is 34.0 Å². The second-order valence-electron chi connectivity index (χ2n) is 6.67. The van der Waals surface area contributed by atoms with Crippen LogP contribution in [0, 0.1) is 9.49 Å². The summed E-state index contributed by atoms with van der Waals surface area (Å²) in [7, 11) is 0. The zero-order chi connectivity index (χ0) is 18.8. The molecule has 0 radical (unpaired) electrons. The zero-order valence-electron chi connectivity index (χ0n) is 15.1. The Morgan fingerprint density at radius 2 is 2.00 bits per heavy atom. The van der Waals surface area contributed by atoms with E-state index in [1.807, 2.05) is 48.2 Å². The van der Waals surface area contributed by atoms with Gasteiger partial charge in [0.1, 0.15) is 0 Å². The predicted molar refractivity (Wildman–Crippen MR) is 113 cm³/mol. The first-order valence-electron chi connectivity index (χ1n) is 8.70. The van der Waals surface area contributed by atoms with Crippen LogP contribution in [0.5, 0.6) is 11.5 Å². The molecule has 2 aromatic carbocycles. The van der Waals surface area contributed by atoms with E-state index in [4.69, 9.17) is 4.74 Å². The van der Waals surface area contributed by atoms with Crippen molar-refractivity contribution in [2.24, 2.45) is 5.92 Å². The number of anilines is 1. The zero-order valence-corrected chi connectivity index (χ0v) is 17.3. The van der Waals surface area contributed by atoms with Crippen LogP contribution in [-0.4, -0.2) is 24.2 Å². The first-order valence-corrected chi connectivity index (χ1v) is 9.78. The number of halogens is 1. The lowest BCUT2D eigenvalue weighted by Crippen LogP contribution is -2.30. The van der Waals surface area contributed by atoms with E-state index in [-0.39, 0.29) is 11.7 Å². The second kappa shape index (κ2) is 7.70. The standard InChI is InChI=1S/C21H22INO3/c1-4-26-19-11-14(10-17(22)20(19)24)9-16-15-7-5-6-8-18(15)23(21(16)25)12-13(2)3/h5-11,13,24H,4,12H2,1-3H3/b16-9-. The summed E-state index contributed by atoms with van der Waals surface area (Å²) >= 11 is 2.07. The van der Waals surface area contributed by atoms with Gasteiger partial charge in [0.05, 0.1) is 15.9 Å². The fourth-order valence-electron chi connectivity index (χ4n) is 3.10. The van der Waals surface area contributed by atoms with Crippen LogP contribution in [0.25, 0.3) is 11.6 Å². The number of benzene rings is 2. The highest BCUT2D eigenvalue weighted by molar-refractivity contribution is 14.1. The largest absolute Gasteiger partial charge is 0.504 e. The van der Waals surface area contributed by atoms with Gasteiger partial charge in [-0.3, -0.25) is 4.79 Å². The van der Waals surface area contributed by atoms with Crippen LogP contribution in [0.4, 0.5) is 5.69 Å². The summed E-state index contributed by atoms with van der Waals surface area (Å²) in [5.41, 5.74) is 3.40. The highest BCUT2D eigenvalue weighted by Crippen LogP contribution is 2.39. The molecule has 2 aromatic rings. The summed E-state index contributed by atoms with van der Waals surface area (Å²) in [5.74, 6) is 0.963. The van der Waals surface area contributed by atoms with Crippen molar-refractivity contribution in [3.05, 3.63) is 51.1 Å². The number of hydrogen-bond acceptors (Lipinski definition) is 3. The SMILES string of the molecule is CCOc1cc(/C=C2\C(=O)N(CC(C)C)c3ccccc32)cc(I)c1O. The summed E-state index contributed by atoms with van der Waals surface area (Å²) in [4.78, 5) is 14.9. The van der Waals surface area contributed by atoms with Crippen molar-refractivity contribution in [2.75, 3.05) is 18.1 Å². The number of phenols is 1. The molecule has 0 fully saturated rings. The minimum atomic E-state index is 0.0148. The Bertz CT molecular complexity index is 874. The van der Waals surface area contributed by atoms with Crippen LogP contribution in [0.2, 0.25) is 0 Å². The first kappa shape index (κ1) is 18.8. The molecule has 0 aromatic heterocycles. The van der Waals surface area contributed by atoms with Gasteiger partial charge in [-0.1, -0.05) is 32.0 Å². The van der Waals surface area contributed by atoms with Crippen molar-refractivity contribution in [2.45, 2.75) is 20.8 Å². The third kappa shape index (κ3) is 3.58. The molecular weight excluding hydrogens is 441 g/mol. The monoisotopic (exact) mass is 463 g/mol. The molecule has 0 saturated heterocycles. The Labute approximate surface area is 167 Å². The number of amides is 1. The molecule has 0 bridgehead atoms. The normalized spacial score (nSPS) is 15.0. The van der Waals surface area contributed by atoms with Gasteiger partial charge < -0.3 is 14.7 Å². The molecule has 0 unspecified atom stereocenters. The summed E-state index contributed by atoms with van der Waals surface area (Å²) < 4.78 is 6.21. The Morgan fingerprint density at radius 3 is 2.69 bits per heavy atom. The van der Waals surface area contributed by atoms with Gasteiger partial charge >= 0.3 is 0 Å². The molecule has 5 heteroatoms. The van der Waals surface area contributed by atoms with Crippen LogP contribution in [-0.2, 0) is 4.79 Å². The lowest BCUT2D eigenvalue weighted by Gasteiger charge is -2.19. The lowest BCUT2D eigenvalue weighted by atomic mass is 10.0. The van der Waals surface area contributed by atoms with Crippen LogP contribution in [0.15, 0.2) is 36.4 Å². The average Bonchev–Trinajstić information content (AvgIpc) is 2.85. The maximum absolute atomic E-state index is 13.0. The van der Waals surface area contributed by atoms with Gasteiger partial charge in [-0.25, -0.2) is 0 Å². The molecule has 1 heterocycles. The van der Waals surface area contributed by atoms with Gasteiger partial charge in [-0.15, -0.1) is 0 Å². The maximum Gasteiger partial charge on any atom is 0.259 e. The topological polar surface area (TPSA) is 49.8 Å². The first-order chi connectivity index (χ1) is 12.4. The van der Waals surface area contributed by atoms with E-state index in [2.05, 4.69) is 36.4 Å². The van der Waals surface area contributed by atoms with Crippen molar-refractivity contribution < 1.29 is 14.6 Å². The molecule has 3 rings (SSSR count).